The van der Waals surface area contributed by atoms with E-state index in [-0.39, 0.29) is 18.2 Å². The number of nitrogens with one attached hydrogen (secondary N) is 1. The number of aliphatic hydroxyl groups is 1. The molecule has 2 N–H and O–H groups in total. The van der Waals surface area contributed by atoms with Crippen molar-refractivity contribution >= 4 is 23.4 Å². The lowest BCUT2D eigenvalue weighted by Gasteiger charge is -2.04. The number of carbonyl (C=O) groups is 1. The Bertz CT molecular complexity index is 1350. The van der Waals surface area contributed by atoms with Crippen LogP contribution in [-0.4, -0.2) is 15.9 Å². The minimum absolute atomic E-state index is 0.0415. The van der Waals surface area contributed by atoms with Crippen LogP contribution in [0.5, 0.6) is 0 Å². The summed E-state index contributed by atoms with van der Waals surface area (Å²) in [4.78, 5) is 23.3. The predicted octanol–water partition coefficient (Wildman–Crippen LogP) is 5.57. The predicted molar refractivity (Wildman–Crippen MR) is 123 cm³/mol. The van der Waals surface area contributed by atoms with Crippen LogP contribution >= 0.6 is 0 Å². The highest BCUT2D eigenvalue weighted by atomic mass is 16.6. The number of nitro benzene ring substituents is 1. The number of nitro groups is 1. The number of aliphatic hydroxyl groups excluding tert-OH is 1. The lowest BCUT2D eigenvalue weighted by molar-refractivity contribution is -0.384. The van der Waals surface area contributed by atoms with Crippen molar-refractivity contribution in [2.24, 2.45) is 0 Å². The van der Waals surface area contributed by atoms with Crippen LogP contribution < -0.4 is 5.32 Å². The van der Waals surface area contributed by atoms with Crippen molar-refractivity contribution in [1.82, 2.24) is 0 Å². The average Bonchev–Trinajstić information content (AvgIpc) is 3.47. The maximum absolute atomic E-state index is 12.4. The van der Waals surface area contributed by atoms with Crippen LogP contribution in [0.15, 0.2) is 81.6 Å². The van der Waals surface area contributed by atoms with Gasteiger partial charge in [0.25, 0.3) is 5.69 Å². The summed E-state index contributed by atoms with van der Waals surface area (Å²) >= 11 is 0. The first-order valence-corrected chi connectivity index (χ1v) is 10.1. The number of carbonyl (C=O) groups excluding carboxylic acids is 1. The Kier molecular flexibility index (Phi) is 6.19. The minimum atomic E-state index is -0.449. The number of hydrogen-bond acceptors (Lipinski definition) is 6. The van der Waals surface area contributed by atoms with Crippen LogP contribution in [0, 0.1) is 17.0 Å². The van der Waals surface area contributed by atoms with Crippen LogP contribution in [0.25, 0.3) is 28.7 Å². The Morgan fingerprint density at radius 1 is 1.06 bits per heavy atom. The molecule has 0 saturated heterocycles. The molecule has 33 heavy (non-hydrogen) atoms. The van der Waals surface area contributed by atoms with Crippen LogP contribution in [0.2, 0.25) is 0 Å². The van der Waals surface area contributed by atoms with E-state index >= 15 is 0 Å². The standard InChI is InChI=1S/C25H20N2O6/c1-16-5-9-21(22(13-16)27(30)31)24-11-6-19(32-24)8-12-25(29)26-18-4-2-3-17(14-18)23-10-7-20(15-28)33-23/h2-14,28H,15H2,1H3,(H,26,29)/b12-8+. The smallest absolute Gasteiger partial charge is 0.280 e. The molecule has 0 atom stereocenters. The third-order valence-corrected chi connectivity index (χ3v) is 4.87. The highest BCUT2D eigenvalue weighted by Crippen LogP contribution is 2.32. The summed E-state index contributed by atoms with van der Waals surface area (Å²) in [5, 5.41) is 23.3. The maximum Gasteiger partial charge on any atom is 0.280 e. The number of hydrogen-bond donors (Lipinski definition) is 2. The summed E-state index contributed by atoms with van der Waals surface area (Å²) in [5.41, 5.74) is 2.43. The fourth-order valence-corrected chi connectivity index (χ4v) is 3.30. The molecule has 0 aliphatic heterocycles. The number of anilines is 1. The van der Waals surface area contributed by atoms with Gasteiger partial charge in [-0.2, -0.15) is 0 Å². The number of furan rings is 2. The Morgan fingerprint density at radius 2 is 1.88 bits per heavy atom. The first-order valence-electron chi connectivity index (χ1n) is 10.1. The van der Waals surface area contributed by atoms with Gasteiger partial charge >= 0.3 is 0 Å². The molecule has 2 heterocycles. The topological polar surface area (TPSA) is 119 Å². The van der Waals surface area contributed by atoms with Gasteiger partial charge in [0.1, 0.15) is 29.6 Å². The van der Waals surface area contributed by atoms with Crippen LogP contribution in [0.3, 0.4) is 0 Å². The molecule has 166 valence electrons. The van der Waals surface area contributed by atoms with Gasteiger partial charge in [-0.3, -0.25) is 14.9 Å². The highest BCUT2D eigenvalue weighted by molar-refractivity contribution is 6.02. The first-order chi connectivity index (χ1) is 15.9. The van der Waals surface area contributed by atoms with Crippen LogP contribution in [-0.2, 0) is 11.4 Å². The fourth-order valence-electron chi connectivity index (χ4n) is 3.30. The molecule has 1 amide bonds. The number of benzene rings is 2. The van der Waals surface area contributed by atoms with Crippen molar-refractivity contribution in [2.75, 3.05) is 5.32 Å². The number of aryl methyl sites for hydroxylation is 1. The van der Waals surface area contributed by atoms with E-state index in [1.54, 1.807) is 61.5 Å². The van der Waals surface area contributed by atoms with Gasteiger partial charge in [0.2, 0.25) is 5.91 Å². The molecule has 0 aliphatic carbocycles. The van der Waals surface area contributed by atoms with Gasteiger partial charge in [-0.25, -0.2) is 0 Å². The van der Waals surface area contributed by atoms with Crippen molar-refractivity contribution in [3.63, 3.8) is 0 Å². The maximum atomic E-state index is 12.4. The lowest BCUT2D eigenvalue weighted by Crippen LogP contribution is -2.07. The fraction of sp³-hybridized carbons (Fsp3) is 0.0800. The molecule has 2 aromatic carbocycles. The molecule has 0 fully saturated rings. The van der Waals surface area contributed by atoms with Crippen molar-refractivity contribution in [2.45, 2.75) is 13.5 Å². The first kappa shape index (κ1) is 21.8. The summed E-state index contributed by atoms with van der Waals surface area (Å²) in [6.07, 6.45) is 2.80. The quantitative estimate of drug-likeness (QED) is 0.219. The summed E-state index contributed by atoms with van der Waals surface area (Å²) in [7, 11) is 0. The van der Waals surface area contributed by atoms with Gasteiger partial charge in [-0.1, -0.05) is 18.2 Å². The number of rotatable bonds is 7. The normalized spacial score (nSPS) is 11.1. The summed E-state index contributed by atoms with van der Waals surface area (Å²) in [6, 6.07) is 18.7. The second-order valence-corrected chi connectivity index (χ2v) is 7.31. The Labute approximate surface area is 188 Å². The molecule has 0 saturated carbocycles. The molecule has 8 nitrogen and oxygen atoms in total. The molecule has 4 aromatic rings. The van der Waals surface area contributed by atoms with Gasteiger partial charge in [0, 0.05) is 23.4 Å². The van der Waals surface area contributed by atoms with Crippen molar-refractivity contribution in [3.8, 4) is 22.6 Å². The molecule has 2 aromatic heterocycles. The molecule has 0 radical (unpaired) electrons. The van der Waals surface area contributed by atoms with Crippen molar-refractivity contribution in [1.29, 1.82) is 0 Å². The van der Waals surface area contributed by atoms with Crippen molar-refractivity contribution < 1.29 is 23.7 Å². The van der Waals surface area contributed by atoms with Crippen molar-refractivity contribution in [3.05, 3.63) is 100 Å². The van der Waals surface area contributed by atoms with Crippen LogP contribution in [0.4, 0.5) is 11.4 Å². The van der Waals surface area contributed by atoms with E-state index in [1.165, 1.54) is 18.2 Å². The van der Waals surface area contributed by atoms with Gasteiger partial charge in [0.05, 0.1) is 10.5 Å². The molecule has 0 aliphatic rings. The van der Waals surface area contributed by atoms with E-state index in [0.29, 0.717) is 34.3 Å². The molecular weight excluding hydrogens is 424 g/mol. The summed E-state index contributed by atoms with van der Waals surface area (Å²) in [6.45, 7) is 1.59. The zero-order valence-electron chi connectivity index (χ0n) is 17.6. The van der Waals surface area contributed by atoms with E-state index in [0.717, 1.165) is 11.1 Å². The zero-order valence-corrected chi connectivity index (χ0v) is 17.6. The molecular formula is C25H20N2O6. The monoisotopic (exact) mass is 444 g/mol. The SMILES string of the molecule is Cc1ccc(-c2ccc(/C=C/C(=O)Nc3cccc(-c4ccc(CO)o4)c3)o2)c([N+](=O)[O-])c1. The van der Waals surface area contributed by atoms with E-state index < -0.39 is 4.92 Å². The summed E-state index contributed by atoms with van der Waals surface area (Å²) < 4.78 is 11.2. The molecule has 0 unspecified atom stereocenters. The van der Waals surface area contributed by atoms with Gasteiger partial charge in [-0.15, -0.1) is 0 Å². The highest BCUT2D eigenvalue weighted by Gasteiger charge is 2.18. The Balaban J connectivity index is 1.46. The molecule has 0 bridgehead atoms. The van der Waals surface area contributed by atoms with Crippen LogP contribution in [0.1, 0.15) is 17.1 Å². The van der Waals surface area contributed by atoms with Gasteiger partial charge in [0.15, 0.2) is 0 Å². The second kappa shape index (κ2) is 9.37. The van der Waals surface area contributed by atoms with E-state index in [1.807, 2.05) is 6.07 Å². The summed E-state index contributed by atoms with van der Waals surface area (Å²) in [5.74, 6) is 1.39. The zero-order chi connectivity index (χ0) is 23.4. The average molecular weight is 444 g/mol. The second-order valence-electron chi connectivity index (χ2n) is 7.31. The lowest BCUT2D eigenvalue weighted by atomic mass is 10.1. The van der Waals surface area contributed by atoms with E-state index in [2.05, 4.69) is 5.32 Å². The number of amides is 1. The van der Waals surface area contributed by atoms with Gasteiger partial charge in [-0.05, 0) is 61.0 Å². The Morgan fingerprint density at radius 3 is 2.64 bits per heavy atom. The largest absolute Gasteiger partial charge is 0.459 e. The molecule has 4 rings (SSSR count). The molecule has 0 spiro atoms. The Hall–Kier alpha value is -4.43. The molecule has 8 heteroatoms. The third-order valence-electron chi connectivity index (χ3n) is 4.87. The third kappa shape index (κ3) is 5.08. The van der Waals surface area contributed by atoms with Gasteiger partial charge < -0.3 is 19.3 Å². The minimum Gasteiger partial charge on any atom is -0.459 e. The van der Waals surface area contributed by atoms with E-state index in [9.17, 15) is 14.9 Å². The number of nitrogens with zero attached hydrogens (tertiary/aromatic N) is 1. The van der Waals surface area contributed by atoms with E-state index in [4.69, 9.17) is 13.9 Å².